The third-order valence-electron chi connectivity index (χ3n) is 3.40. The Morgan fingerprint density at radius 1 is 1.22 bits per heavy atom. The van der Waals surface area contributed by atoms with E-state index in [1.165, 1.54) is 6.20 Å². The van der Waals surface area contributed by atoms with Crippen LogP contribution in [0.3, 0.4) is 0 Å². The summed E-state index contributed by atoms with van der Waals surface area (Å²) in [6, 6.07) is 11.3. The van der Waals surface area contributed by atoms with Crippen LogP contribution in [0.25, 0.3) is 11.4 Å². The molecule has 3 rings (SSSR count). The summed E-state index contributed by atoms with van der Waals surface area (Å²) in [7, 11) is 0. The minimum atomic E-state index is -0.170. The molecule has 0 spiro atoms. The van der Waals surface area contributed by atoms with Gasteiger partial charge >= 0.3 is 0 Å². The molecule has 1 amide bonds. The van der Waals surface area contributed by atoms with Crippen LogP contribution in [0.5, 0.6) is 0 Å². The zero-order valence-electron chi connectivity index (χ0n) is 12.7. The molecule has 1 N–H and O–H groups in total. The van der Waals surface area contributed by atoms with E-state index in [1.807, 2.05) is 31.2 Å². The second-order valence-corrected chi connectivity index (χ2v) is 5.07. The Labute approximate surface area is 133 Å². The first kappa shape index (κ1) is 14.9. The SMILES string of the molecule is Cc1ccccc1-c1noc(CCNC(=O)c2cccnc2)n1. The van der Waals surface area contributed by atoms with Crippen LogP contribution in [0.1, 0.15) is 21.8 Å². The number of amides is 1. The van der Waals surface area contributed by atoms with Gasteiger partial charge in [0.05, 0.1) is 5.56 Å². The van der Waals surface area contributed by atoms with Gasteiger partial charge in [0.25, 0.3) is 5.91 Å². The van der Waals surface area contributed by atoms with E-state index in [0.29, 0.717) is 30.2 Å². The lowest BCUT2D eigenvalue weighted by Crippen LogP contribution is -2.25. The van der Waals surface area contributed by atoms with Crippen molar-refractivity contribution in [3.63, 3.8) is 0 Å². The molecule has 0 radical (unpaired) electrons. The zero-order valence-corrected chi connectivity index (χ0v) is 12.7. The van der Waals surface area contributed by atoms with Crippen molar-refractivity contribution < 1.29 is 9.32 Å². The molecule has 116 valence electrons. The van der Waals surface area contributed by atoms with Crippen molar-refractivity contribution in [2.24, 2.45) is 0 Å². The van der Waals surface area contributed by atoms with E-state index in [0.717, 1.165) is 11.1 Å². The van der Waals surface area contributed by atoms with Crippen LogP contribution in [0.4, 0.5) is 0 Å². The van der Waals surface area contributed by atoms with Crippen molar-refractivity contribution in [3.05, 3.63) is 65.8 Å². The summed E-state index contributed by atoms with van der Waals surface area (Å²) in [6.07, 6.45) is 3.63. The molecule has 2 heterocycles. The number of rotatable bonds is 5. The van der Waals surface area contributed by atoms with Crippen LogP contribution in [-0.4, -0.2) is 27.6 Å². The average Bonchev–Trinajstić information content (AvgIpc) is 3.04. The van der Waals surface area contributed by atoms with Crippen molar-refractivity contribution in [1.82, 2.24) is 20.4 Å². The van der Waals surface area contributed by atoms with Gasteiger partial charge in [0.15, 0.2) is 0 Å². The Hall–Kier alpha value is -3.02. The van der Waals surface area contributed by atoms with Crippen molar-refractivity contribution in [1.29, 1.82) is 0 Å². The third-order valence-corrected chi connectivity index (χ3v) is 3.40. The maximum absolute atomic E-state index is 11.9. The number of nitrogens with zero attached hydrogens (tertiary/aromatic N) is 3. The molecule has 1 aromatic carbocycles. The van der Waals surface area contributed by atoms with Crippen molar-refractivity contribution in [2.75, 3.05) is 6.54 Å². The van der Waals surface area contributed by atoms with E-state index in [1.54, 1.807) is 18.3 Å². The summed E-state index contributed by atoms with van der Waals surface area (Å²) in [6.45, 7) is 2.42. The highest BCUT2D eigenvalue weighted by atomic mass is 16.5. The van der Waals surface area contributed by atoms with Crippen molar-refractivity contribution in [3.8, 4) is 11.4 Å². The van der Waals surface area contributed by atoms with E-state index < -0.39 is 0 Å². The highest BCUT2D eigenvalue weighted by Gasteiger charge is 2.11. The molecule has 23 heavy (non-hydrogen) atoms. The molecule has 0 saturated heterocycles. The molecule has 0 aliphatic carbocycles. The predicted octanol–water partition coefficient (Wildman–Crippen LogP) is 2.41. The lowest BCUT2D eigenvalue weighted by Gasteiger charge is -2.02. The minimum absolute atomic E-state index is 0.170. The lowest BCUT2D eigenvalue weighted by molar-refractivity contribution is 0.0953. The first-order valence-corrected chi connectivity index (χ1v) is 7.31. The number of benzene rings is 1. The van der Waals surface area contributed by atoms with Gasteiger partial charge in [-0.25, -0.2) is 0 Å². The highest BCUT2D eigenvalue weighted by molar-refractivity contribution is 5.93. The Balaban J connectivity index is 1.58. The average molecular weight is 308 g/mol. The second-order valence-electron chi connectivity index (χ2n) is 5.07. The van der Waals surface area contributed by atoms with E-state index in [-0.39, 0.29) is 5.91 Å². The van der Waals surface area contributed by atoms with Crippen LogP contribution in [0, 0.1) is 6.92 Å². The summed E-state index contributed by atoms with van der Waals surface area (Å²) in [4.78, 5) is 20.2. The molecule has 0 saturated carbocycles. The number of carbonyl (C=O) groups is 1. The summed E-state index contributed by atoms with van der Waals surface area (Å²) < 4.78 is 5.24. The van der Waals surface area contributed by atoms with Gasteiger partial charge in [-0.15, -0.1) is 0 Å². The number of carbonyl (C=O) groups excluding carboxylic acids is 1. The summed E-state index contributed by atoms with van der Waals surface area (Å²) in [5.74, 6) is 0.892. The summed E-state index contributed by atoms with van der Waals surface area (Å²) >= 11 is 0. The standard InChI is InChI=1S/C17H16N4O2/c1-12-5-2-3-7-14(12)16-20-15(23-21-16)8-10-19-17(22)13-6-4-9-18-11-13/h2-7,9,11H,8,10H2,1H3,(H,19,22). The Morgan fingerprint density at radius 2 is 2.09 bits per heavy atom. The van der Waals surface area contributed by atoms with Gasteiger partial charge in [-0.3, -0.25) is 9.78 Å². The van der Waals surface area contributed by atoms with Crippen molar-refractivity contribution >= 4 is 5.91 Å². The van der Waals surface area contributed by atoms with E-state index in [9.17, 15) is 4.79 Å². The maximum atomic E-state index is 11.9. The maximum Gasteiger partial charge on any atom is 0.252 e. The predicted molar refractivity (Wildman–Crippen MR) is 84.7 cm³/mol. The number of nitrogens with one attached hydrogen (secondary N) is 1. The minimum Gasteiger partial charge on any atom is -0.351 e. The van der Waals surface area contributed by atoms with Gasteiger partial charge in [0, 0.05) is 30.9 Å². The second kappa shape index (κ2) is 6.83. The molecule has 0 bridgehead atoms. The summed E-state index contributed by atoms with van der Waals surface area (Å²) in [5, 5.41) is 6.80. The van der Waals surface area contributed by atoms with Crippen molar-refractivity contribution in [2.45, 2.75) is 13.3 Å². The number of hydrogen-bond donors (Lipinski definition) is 1. The highest BCUT2D eigenvalue weighted by Crippen LogP contribution is 2.19. The molecule has 6 nitrogen and oxygen atoms in total. The number of aromatic nitrogens is 3. The molecule has 6 heteroatoms. The van der Waals surface area contributed by atoms with E-state index in [2.05, 4.69) is 20.4 Å². The third kappa shape index (κ3) is 3.60. The monoisotopic (exact) mass is 308 g/mol. The summed E-state index contributed by atoms with van der Waals surface area (Å²) in [5.41, 5.74) is 2.56. The molecule has 0 fully saturated rings. The smallest absolute Gasteiger partial charge is 0.252 e. The van der Waals surface area contributed by atoms with Crippen LogP contribution in [-0.2, 0) is 6.42 Å². The molecular formula is C17H16N4O2. The molecule has 0 atom stereocenters. The van der Waals surface area contributed by atoms with Gasteiger partial charge < -0.3 is 9.84 Å². The number of pyridine rings is 1. The first-order valence-electron chi connectivity index (χ1n) is 7.31. The molecular weight excluding hydrogens is 292 g/mol. The van der Waals surface area contributed by atoms with E-state index in [4.69, 9.17) is 4.52 Å². The number of hydrogen-bond acceptors (Lipinski definition) is 5. The molecule has 0 unspecified atom stereocenters. The van der Waals surface area contributed by atoms with Crippen LogP contribution in [0.2, 0.25) is 0 Å². The number of aryl methyl sites for hydroxylation is 1. The fourth-order valence-electron chi connectivity index (χ4n) is 2.17. The van der Waals surface area contributed by atoms with Gasteiger partial charge in [-0.2, -0.15) is 4.98 Å². The van der Waals surface area contributed by atoms with Gasteiger partial charge in [0.2, 0.25) is 11.7 Å². The van der Waals surface area contributed by atoms with E-state index >= 15 is 0 Å². The Morgan fingerprint density at radius 3 is 2.87 bits per heavy atom. The molecule has 0 aliphatic rings. The largest absolute Gasteiger partial charge is 0.351 e. The van der Waals surface area contributed by atoms with Crippen LogP contribution >= 0.6 is 0 Å². The molecule has 2 aromatic heterocycles. The quantitative estimate of drug-likeness (QED) is 0.783. The van der Waals surface area contributed by atoms with Crippen LogP contribution < -0.4 is 5.32 Å². The molecule has 0 aliphatic heterocycles. The fraction of sp³-hybridized carbons (Fsp3) is 0.176. The Kier molecular flexibility index (Phi) is 4.42. The first-order chi connectivity index (χ1) is 11.2. The lowest BCUT2D eigenvalue weighted by atomic mass is 10.1. The topological polar surface area (TPSA) is 80.9 Å². The Bertz CT molecular complexity index is 799. The zero-order chi connectivity index (χ0) is 16.1. The fourth-order valence-corrected chi connectivity index (χ4v) is 2.17. The van der Waals surface area contributed by atoms with Gasteiger partial charge in [-0.05, 0) is 24.6 Å². The van der Waals surface area contributed by atoms with Crippen LogP contribution in [0.15, 0.2) is 53.3 Å². The normalized spacial score (nSPS) is 10.5. The van der Waals surface area contributed by atoms with Gasteiger partial charge in [-0.1, -0.05) is 29.4 Å². The molecule has 3 aromatic rings. The van der Waals surface area contributed by atoms with Gasteiger partial charge in [0.1, 0.15) is 0 Å².